The van der Waals surface area contributed by atoms with Crippen molar-refractivity contribution in [3.63, 3.8) is 0 Å². The summed E-state index contributed by atoms with van der Waals surface area (Å²) in [5.74, 6) is 1.06. The first-order valence-corrected chi connectivity index (χ1v) is 6.86. The summed E-state index contributed by atoms with van der Waals surface area (Å²) >= 11 is 3.44. The van der Waals surface area contributed by atoms with E-state index >= 15 is 0 Å². The fraction of sp³-hybridized carbons (Fsp3) is 0.500. The molecule has 0 N–H and O–H groups in total. The molecule has 0 amide bonds. The number of hydrogen-bond acceptors (Lipinski definition) is 2. The van der Waals surface area contributed by atoms with Crippen LogP contribution in [0.5, 0.6) is 5.75 Å². The Hall–Kier alpha value is -0.830. The molecule has 0 bridgehead atoms. The van der Waals surface area contributed by atoms with Gasteiger partial charge in [0.25, 0.3) is 0 Å². The van der Waals surface area contributed by atoms with Gasteiger partial charge in [-0.2, -0.15) is 0 Å². The molecule has 94 valence electrons. The summed E-state index contributed by atoms with van der Waals surface area (Å²) in [7, 11) is 0. The lowest BCUT2D eigenvalue weighted by molar-refractivity contribution is 0.0927. The monoisotopic (exact) mass is 298 g/mol. The van der Waals surface area contributed by atoms with Crippen molar-refractivity contribution in [1.82, 2.24) is 0 Å². The van der Waals surface area contributed by atoms with E-state index < -0.39 is 0 Å². The van der Waals surface area contributed by atoms with E-state index in [4.69, 9.17) is 4.74 Å². The number of ketones is 1. The highest BCUT2D eigenvalue weighted by molar-refractivity contribution is 9.10. The zero-order valence-corrected chi connectivity index (χ0v) is 12.2. The van der Waals surface area contributed by atoms with E-state index in [9.17, 15) is 4.79 Å². The zero-order valence-electron chi connectivity index (χ0n) is 10.6. The average Bonchev–Trinajstić information content (AvgIpc) is 2.35. The van der Waals surface area contributed by atoms with E-state index in [1.165, 1.54) is 0 Å². The van der Waals surface area contributed by atoms with Crippen LogP contribution in [0.4, 0.5) is 0 Å². The van der Waals surface area contributed by atoms with Gasteiger partial charge in [0, 0.05) is 11.5 Å². The summed E-state index contributed by atoms with van der Waals surface area (Å²) in [6.07, 6.45) is 1.84. The van der Waals surface area contributed by atoms with Crippen LogP contribution in [-0.4, -0.2) is 12.4 Å². The molecule has 1 atom stereocenters. The maximum atomic E-state index is 12.0. The van der Waals surface area contributed by atoms with E-state index in [1.807, 2.05) is 32.0 Å². The molecule has 0 saturated carbocycles. The Morgan fingerprint density at radius 1 is 1.41 bits per heavy atom. The van der Waals surface area contributed by atoms with Gasteiger partial charge in [0.05, 0.1) is 11.1 Å². The van der Waals surface area contributed by atoms with Gasteiger partial charge in [-0.1, -0.05) is 20.8 Å². The molecule has 3 heteroatoms. The van der Waals surface area contributed by atoms with Crippen LogP contribution in [0.2, 0.25) is 0 Å². The number of ether oxygens (including phenoxy) is 1. The summed E-state index contributed by atoms with van der Waals surface area (Å²) in [4.78, 5) is 12.0. The second-order valence-electron chi connectivity index (χ2n) is 4.17. The van der Waals surface area contributed by atoms with Gasteiger partial charge >= 0.3 is 0 Å². The number of halogens is 1. The van der Waals surface area contributed by atoms with E-state index in [1.54, 1.807) is 0 Å². The third kappa shape index (κ3) is 3.84. The number of Topliss-reactive ketones (excluding diaryl/α,β-unsaturated/α-hetero) is 1. The fourth-order valence-corrected chi connectivity index (χ4v) is 1.95. The normalized spacial score (nSPS) is 12.2. The first-order chi connectivity index (χ1) is 8.10. The van der Waals surface area contributed by atoms with Crippen molar-refractivity contribution in [3.8, 4) is 5.75 Å². The van der Waals surface area contributed by atoms with Crippen LogP contribution in [0.25, 0.3) is 0 Å². The number of hydrogen-bond donors (Lipinski definition) is 0. The van der Waals surface area contributed by atoms with Crippen molar-refractivity contribution in [3.05, 3.63) is 28.2 Å². The van der Waals surface area contributed by atoms with Crippen molar-refractivity contribution < 1.29 is 9.53 Å². The molecule has 0 radical (unpaired) electrons. The van der Waals surface area contributed by atoms with Crippen molar-refractivity contribution >= 4 is 21.7 Å². The smallest absolute Gasteiger partial charge is 0.165 e. The third-order valence-electron chi connectivity index (χ3n) is 2.74. The molecule has 0 saturated heterocycles. The summed E-state index contributed by atoms with van der Waals surface area (Å²) in [5, 5.41) is 0. The summed E-state index contributed by atoms with van der Waals surface area (Å²) in [5.41, 5.74) is 0.745. The van der Waals surface area contributed by atoms with Gasteiger partial charge in [-0.05, 0) is 47.0 Å². The molecule has 1 unspecified atom stereocenters. The van der Waals surface area contributed by atoms with Crippen molar-refractivity contribution in [2.24, 2.45) is 5.92 Å². The van der Waals surface area contributed by atoms with Gasteiger partial charge in [-0.25, -0.2) is 0 Å². The molecule has 0 aromatic heterocycles. The second-order valence-corrected chi connectivity index (χ2v) is 5.02. The summed E-state index contributed by atoms with van der Waals surface area (Å²) < 4.78 is 6.40. The molecule has 0 aliphatic carbocycles. The molecule has 2 nitrogen and oxygen atoms in total. The molecule has 0 aliphatic heterocycles. The van der Waals surface area contributed by atoms with E-state index in [0.29, 0.717) is 6.61 Å². The zero-order chi connectivity index (χ0) is 12.8. The van der Waals surface area contributed by atoms with Crippen molar-refractivity contribution in [2.75, 3.05) is 6.61 Å². The number of carbonyl (C=O) groups is 1. The summed E-state index contributed by atoms with van der Waals surface area (Å²) in [6, 6.07) is 5.54. The minimum absolute atomic E-state index is 0.0734. The largest absolute Gasteiger partial charge is 0.492 e. The predicted molar refractivity (Wildman–Crippen MR) is 73.7 cm³/mol. The standard InChI is InChI=1S/C14H19BrO2/c1-4-8-17-13-7-6-11(9-12(13)15)14(16)10(3)5-2/h6-7,9-10H,4-5,8H2,1-3H3. The van der Waals surface area contributed by atoms with Crippen LogP contribution in [0.15, 0.2) is 22.7 Å². The number of benzene rings is 1. The van der Waals surface area contributed by atoms with Crippen LogP contribution in [0.1, 0.15) is 44.0 Å². The first-order valence-electron chi connectivity index (χ1n) is 6.06. The molecular formula is C14H19BrO2. The van der Waals surface area contributed by atoms with Crippen LogP contribution < -0.4 is 4.74 Å². The molecular weight excluding hydrogens is 280 g/mol. The van der Waals surface area contributed by atoms with E-state index in [-0.39, 0.29) is 11.7 Å². The topological polar surface area (TPSA) is 26.3 Å². The highest BCUT2D eigenvalue weighted by Crippen LogP contribution is 2.27. The van der Waals surface area contributed by atoms with Crippen molar-refractivity contribution in [2.45, 2.75) is 33.6 Å². The van der Waals surface area contributed by atoms with Crippen LogP contribution in [-0.2, 0) is 0 Å². The van der Waals surface area contributed by atoms with E-state index in [2.05, 4.69) is 22.9 Å². The Bertz CT molecular complexity index is 388. The Balaban J connectivity index is 2.84. The quantitative estimate of drug-likeness (QED) is 0.725. The molecule has 1 aromatic carbocycles. The highest BCUT2D eigenvalue weighted by atomic mass is 79.9. The van der Waals surface area contributed by atoms with Gasteiger partial charge in [-0.15, -0.1) is 0 Å². The van der Waals surface area contributed by atoms with Crippen molar-refractivity contribution in [1.29, 1.82) is 0 Å². The average molecular weight is 299 g/mol. The van der Waals surface area contributed by atoms with E-state index in [0.717, 1.165) is 28.6 Å². The van der Waals surface area contributed by atoms with Gasteiger partial charge in [0.2, 0.25) is 0 Å². The lowest BCUT2D eigenvalue weighted by Crippen LogP contribution is -2.10. The second kappa shape index (κ2) is 6.80. The highest BCUT2D eigenvalue weighted by Gasteiger charge is 2.14. The van der Waals surface area contributed by atoms with Crippen LogP contribution in [0.3, 0.4) is 0 Å². The van der Waals surface area contributed by atoms with Gasteiger partial charge in [0.1, 0.15) is 5.75 Å². The fourth-order valence-electron chi connectivity index (χ4n) is 1.45. The van der Waals surface area contributed by atoms with Crippen LogP contribution >= 0.6 is 15.9 Å². The minimum Gasteiger partial charge on any atom is -0.492 e. The van der Waals surface area contributed by atoms with Crippen LogP contribution in [0, 0.1) is 5.92 Å². The molecule has 0 aliphatic rings. The Kier molecular flexibility index (Phi) is 5.69. The maximum absolute atomic E-state index is 12.0. The molecule has 1 rings (SSSR count). The lowest BCUT2D eigenvalue weighted by atomic mass is 9.97. The van der Waals surface area contributed by atoms with Gasteiger partial charge < -0.3 is 4.74 Å². The number of rotatable bonds is 6. The molecule has 1 aromatic rings. The maximum Gasteiger partial charge on any atom is 0.165 e. The minimum atomic E-state index is 0.0734. The van der Waals surface area contributed by atoms with Gasteiger partial charge in [0.15, 0.2) is 5.78 Å². The SMILES string of the molecule is CCCOc1ccc(C(=O)C(C)CC)cc1Br. The molecule has 0 heterocycles. The molecule has 17 heavy (non-hydrogen) atoms. The number of carbonyl (C=O) groups excluding carboxylic acids is 1. The Labute approximate surface area is 111 Å². The molecule has 0 fully saturated rings. The van der Waals surface area contributed by atoms with Gasteiger partial charge in [-0.3, -0.25) is 4.79 Å². The molecule has 0 spiro atoms. The Morgan fingerprint density at radius 3 is 2.65 bits per heavy atom. The predicted octanol–water partition coefficient (Wildman–Crippen LogP) is 4.47. The first kappa shape index (κ1) is 14.2. The summed E-state index contributed by atoms with van der Waals surface area (Å²) in [6.45, 7) is 6.74. The third-order valence-corrected chi connectivity index (χ3v) is 3.36. The lowest BCUT2D eigenvalue weighted by Gasteiger charge is -2.10. The Morgan fingerprint density at radius 2 is 2.12 bits per heavy atom.